The van der Waals surface area contributed by atoms with E-state index in [-0.39, 0.29) is 15.8 Å². The van der Waals surface area contributed by atoms with Crippen molar-refractivity contribution in [3.63, 3.8) is 0 Å². The first kappa shape index (κ1) is 21.5. The molecule has 0 aliphatic carbocycles. The van der Waals surface area contributed by atoms with Crippen molar-refractivity contribution in [3.05, 3.63) is 121 Å². The Bertz CT molecular complexity index is 1010. The van der Waals surface area contributed by atoms with Crippen LogP contribution in [-0.4, -0.2) is 24.4 Å². The first-order valence-corrected chi connectivity index (χ1v) is 14.3. The highest BCUT2D eigenvalue weighted by Gasteiger charge is 2.33. The highest BCUT2D eigenvalue weighted by molar-refractivity contribution is 7.74. The fourth-order valence-corrected chi connectivity index (χ4v) is 10.1. The predicted octanol–water partition coefficient (Wildman–Crippen LogP) is 4.98. The van der Waals surface area contributed by atoms with Gasteiger partial charge in [-0.15, -0.1) is 0 Å². The van der Waals surface area contributed by atoms with Crippen LogP contribution in [0.25, 0.3) is 0 Å². The molecule has 1 saturated heterocycles. The Labute approximate surface area is 194 Å². The van der Waals surface area contributed by atoms with Crippen LogP contribution in [0, 0.1) is 0 Å². The van der Waals surface area contributed by atoms with Crippen molar-refractivity contribution in [2.24, 2.45) is 0 Å². The molecule has 3 heteroatoms. The number of rotatable bonds is 7. The quantitative estimate of drug-likeness (QED) is 0.389. The molecule has 4 aromatic carbocycles. The number of nitrogens with one attached hydrogen (secondary N) is 1. The Morgan fingerprint density at radius 3 is 1.41 bits per heavy atom. The van der Waals surface area contributed by atoms with Crippen LogP contribution in [0.15, 0.2) is 121 Å². The minimum atomic E-state index is -0.367. The highest BCUT2D eigenvalue weighted by Crippen LogP contribution is 2.45. The third-order valence-corrected chi connectivity index (χ3v) is 11.7. The second-order valence-electron chi connectivity index (χ2n) is 8.32. The molecule has 0 amide bonds. The average molecular weight is 454 g/mol. The molecule has 5 rings (SSSR count). The van der Waals surface area contributed by atoms with Gasteiger partial charge < -0.3 is 5.32 Å². The third-order valence-electron chi connectivity index (χ3n) is 6.17. The normalized spacial score (nSPS) is 18.3. The maximum atomic E-state index is 3.93. The molecule has 32 heavy (non-hydrogen) atoms. The van der Waals surface area contributed by atoms with Crippen molar-refractivity contribution in [2.75, 3.05) is 12.7 Å². The zero-order valence-electron chi connectivity index (χ0n) is 18.2. The summed E-state index contributed by atoms with van der Waals surface area (Å²) in [5, 5.41) is 9.88. The van der Waals surface area contributed by atoms with E-state index < -0.39 is 0 Å². The van der Waals surface area contributed by atoms with Gasteiger partial charge in [0.1, 0.15) is 0 Å². The Morgan fingerprint density at radius 1 is 0.562 bits per heavy atom. The predicted molar refractivity (Wildman–Crippen MR) is 143 cm³/mol. The molecule has 0 saturated carbocycles. The van der Waals surface area contributed by atoms with E-state index in [1.807, 2.05) is 0 Å². The first-order valence-electron chi connectivity index (χ1n) is 11.4. The van der Waals surface area contributed by atoms with Crippen molar-refractivity contribution < 1.29 is 0 Å². The molecule has 0 spiro atoms. The Hall–Kier alpha value is -2.30. The van der Waals surface area contributed by atoms with Gasteiger partial charge in [-0.3, -0.25) is 0 Å². The molecule has 0 unspecified atom stereocenters. The Kier molecular flexibility index (Phi) is 7.10. The van der Waals surface area contributed by atoms with E-state index >= 15 is 0 Å². The first-order chi connectivity index (χ1) is 15.9. The smallest absolute Gasteiger partial charge is 0.0119 e. The van der Waals surface area contributed by atoms with Crippen LogP contribution < -0.4 is 26.5 Å². The van der Waals surface area contributed by atoms with Gasteiger partial charge >= 0.3 is 0 Å². The van der Waals surface area contributed by atoms with E-state index in [4.69, 9.17) is 0 Å². The van der Waals surface area contributed by atoms with Crippen LogP contribution in [0.3, 0.4) is 0 Å². The molecule has 1 aliphatic heterocycles. The van der Waals surface area contributed by atoms with Gasteiger partial charge in [-0.2, -0.15) is 0 Å². The topological polar surface area (TPSA) is 12.0 Å². The standard InChI is InChI=1S/C29H29NP2/c1-5-13-25(14-6-1)31(26-15-7-2-8-16-26)23-24-21-29(22-30-24)32(27-17-9-3-10-18-27)28-19-11-4-12-20-28/h1-20,24,29-30H,21-23H2/t24-,29-/m0/s1. The summed E-state index contributed by atoms with van der Waals surface area (Å²) in [5.41, 5.74) is 0.670. The summed E-state index contributed by atoms with van der Waals surface area (Å²) in [6.45, 7) is 1.10. The van der Waals surface area contributed by atoms with Gasteiger partial charge in [0.05, 0.1) is 0 Å². The van der Waals surface area contributed by atoms with Gasteiger partial charge in [0.25, 0.3) is 0 Å². The summed E-state index contributed by atoms with van der Waals surface area (Å²) in [6, 6.07) is 45.1. The molecule has 1 fully saturated rings. The van der Waals surface area contributed by atoms with Gasteiger partial charge in [0, 0.05) is 18.2 Å². The van der Waals surface area contributed by atoms with E-state index in [2.05, 4.69) is 127 Å². The molecule has 0 bridgehead atoms. The van der Waals surface area contributed by atoms with Gasteiger partial charge in [0.15, 0.2) is 0 Å². The van der Waals surface area contributed by atoms with Crippen LogP contribution in [0.4, 0.5) is 0 Å². The van der Waals surface area contributed by atoms with E-state index in [1.54, 1.807) is 0 Å². The summed E-state index contributed by atoms with van der Waals surface area (Å²) in [6.07, 6.45) is 2.45. The molecular weight excluding hydrogens is 424 g/mol. The molecular formula is C29H29NP2. The lowest BCUT2D eigenvalue weighted by atomic mass is 10.2. The minimum Gasteiger partial charge on any atom is -0.313 e. The van der Waals surface area contributed by atoms with E-state index in [0.717, 1.165) is 6.54 Å². The van der Waals surface area contributed by atoms with E-state index in [9.17, 15) is 0 Å². The van der Waals surface area contributed by atoms with Crippen molar-refractivity contribution in [2.45, 2.75) is 18.1 Å². The minimum absolute atomic E-state index is 0.364. The van der Waals surface area contributed by atoms with Crippen molar-refractivity contribution in [1.82, 2.24) is 5.32 Å². The molecule has 4 aromatic rings. The molecule has 1 heterocycles. The van der Waals surface area contributed by atoms with Gasteiger partial charge in [-0.25, -0.2) is 0 Å². The lowest BCUT2D eigenvalue weighted by molar-refractivity contribution is 0.672. The summed E-state index contributed by atoms with van der Waals surface area (Å²) >= 11 is 0. The van der Waals surface area contributed by atoms with Crippen LogP contribution in [-0.2, 0) is 0 Å². The summed E-state index contributed by atoms with van der Waals surface area (Å²) in [7, 11) is -0.731. The average Bonchev–Trinajstić information content (AvgIpc) is 3.33. The Balaban J connectivity index is 1.38. The zero-order valence-corrected chi connectivity index (χ0v) is 20.0. The SMILES string of the molecule is c1ccc(P(C[C@@H]2C[C@H](P(c3ccccc3)c3ccccc3)CN2)c2ccccc2)cc1. The van der Waals surface area contributed by atoms with Crippen LogP contribution >= 0.6 is 15.8 Å². The molecule has 160 valence electrons. The molecule has 0 radical (unpaired) electrons. The van der Waals surface area contributed by atoms with Crippen LogP contribution in [0.2, 0.25) is 0 Å². The van der Waals surface area contributed by atoms with Crippen LogP contribution in [0.1, 0.15) is 6.42 Å². The maximum absolute atomic E-state index is 3.93. The summed E-state index contributed by atoms with van der Waals surface area (Å²) in [5.74, 6) is 0. The molecule has 1 nitrogen and oxygen atoms in total. The second-order valence-corrected chi connectivity index (χ2v) is 13.1. The summed E-state index contributed by atoms with van der Waals surface area (Å²) in [4.78, 5) is 0. The monoisotopic (exact) mass is 453 g/mol. The fraction of sp³-hybridized carbons (Fsp3) is 0.172. The Morgan fingerprint density at radius 2 is 0.969 bits per heavy atom. The van der Waals surface area contributed by atoms with E-state index in [1.165, 1.54) is 33.8 Å². The molecule has 2 atom stereocenters. The maximum Gasteiger partial charge on any atom is 0.0119 e. The summed E-state index contributed by atoms with van der Waals surface area (Å²) < 4.78 is 0. The van der Waals surface area contributed by atoms with Gasteiger partial charge in [-0.05, 0) is 49.6 Å². The number of hydrogen-bond acceptors (Lipinski definition) is 1. The van der Waals surface area contributed by atoms with Gasteiger partial charge in [0.2, 0.25) is 0 Å². The highest BCUT2D eigenvalue weighted by atomic mass is 31.1. The van der Waals surface area contributed by atoms with Gasteiger partial charge in [-0.1, -0.05) is 121 Å². The number of benzene rings is 4. The van der Waals surface area contributed by atoms with Crippen molar-refractivity contribution >= 4 is 37.1 Å². The zero-order chi connectivity index (χ0) is 21.6. The fourth-order valence-electron chi connectivity index (χ4n) is 4.68. The molecule has 1 N–H and O–H groups in total. The second kappa shape index (κ2) is 10.5. The van der Waals surface area contributed by atoms with E-state index in [0.29, 0.717) is 11.7 Å². The molecule has 0 aromatic heterocycles. The third kappa shape index (κ3) is 5.02. The lowest BCUT2D eigenvalue weighted by Gasteiger charge is -2.26. The largest absolute Gasteiger partial charge is 0.313 e. The number of hydrogen-bond donors (Lipinski definition) is 1. The lowest BCUT2D eigenvalue weighted by Crippen LogP contribution is -2.28. The molecule has 1 aliphatic rings. The van der Waals surface area contributed by atoms with Crippen molar-refractivity contribution in [3.8, 4) is 0 Å². The van der Waals surface area contributed by atoms with Crippen LogP contribution in [0.5, 0.6) is 0 Å². The van der Waals surface area contributed by atoms with Crippen molar-refractivity contribution in [1.29, 1.82) is 0 Å².